The van der Waals surface area contributed by atoms with E-state index in [2.05, 4.69) is 5.32 Å². The number of esters is 1. The fourth-order valence-corrected chi connectivity index (χ4v) is 2.22. The smallest absolute Gasteiger partial charge is 0.331 e. The van der Waals surface area contributed by atoms with Gasteiger partial charge in [-0.3, -0.25) is 0 Å². The number of hydrogen-bond donors (Lipinski definition) is 1. The van der Waals surface area contributed by atoms with Crippen molar-refractivity contribution in [3.05, 3.63) is 30.3 Å². The topological polar surface area (TPSA) is 38.3 Å². The molecule has 0 spiro atoms. The first kappa shape index (κ1) is 12.9. The first-order chi connectivity index (χ1) is 8.64. The van der Waals surface area contributed by atoms with Crippen molar-refractivity contribution in [2.45, 2.75) is 38.6 Å². The average Bonchev–Trinajstić information content (AvgIpc) is 3.14. The Kier molecular flexibility index (Phi) is 3.90. The van der Waals surface area contributed by atoms with Crippen LogP contribution in [0, 0.1) is 5.92 Å². The molecule has 1 atom stereocenters. The predicted octanol–water partition coefficient (Wildman–Crippen LogP) is 3.22. The van der Waals surface area contributed by atoms with Crippen LogP contribution in [0.15, 0.2) is 30.3 Å². The molecule has 1 saturated carbocycles. The molecule has 18 heavy (non-hydrogen) atoms. The number of rotatable bonds is 6. The van der Waals surface area contributed by atoms with Gasteiger partial charge < -0.3 is 10.1 Å². The summed E-state index contributed by atoms with van der Waals surface area (Å²) in [5.74, 6) is 0.511. The third kappa shape index (κ3) is 3.25. The Morgan fingerprint density at radius 1 is 1.39 bits per heavy atom. The predicted molar refractivity (Wildman–Crippen MR) is 72.4 cm³/mol. The highest BCUT2D eigenvalue weighted by Crippen LogP contribution is 2.38. The van der Waals surface area contributed by atoms with Crippen LogP contribution in [-0.4, -0.2) is 18.1 Å². The number of carbonyl (C=O) groups is 1. The Bertz CT molecular complexity index is 400. The molecule has 0 bridgehead atoms. The number of ether oxygens (including phenoxy) is 1. The van der Waals surface area contributed by atoms with Gasteiger partial charge >= 0.3 is 5.97 Å². The molecule has 1 N–H and O–H groups in total. The lowest BCUT2D eigenvalue weighted by Crippen LogP contribution is -2.45. The number of hydrogen-bond acceptors (Lipinski definition) is 3. The largest absolute Gasteiger partial charge is 0.464 e. The monoisotopic (exact) mass is 247 g/mol. The normalized spacial score (nSPS) is 17.9. The summed E-state index contributed by atoms with van der Waals surface area (Å²) in [5.41, 5.74) is 0.354. The zero-order valence-electron chi connectivity index (χ0n) is 11.1. The van der Waals surface area contributed by atoms with Crippen molar-refractivity contribution in [2.24, 2.45) is 5.92 Å². The fraction of sp³-hybridized carbons (Fsp3) is 0.533. The van der Waals surface area contributed by atoms with Crippen molar-refractivity contribution in [3.8, 4) is 0 Å². The van der Waals surface area contributed by atoms with Crippen molar-refractivity contribution in [2.75, 3.05) is 11.9 Å². The molecule has 1 aliphatic carbocycles. The molecular weight excluding hydrogens is 226 g/mol. The summed E-state index contributed by atoms with van der Waals surface area (Å²) < 4.78 is 5.21. The SMILES string of the molecule is CCOC(=O)C(C)(CC1CC1)Nc1ccccc1. The van der Waals surface area contributed by atoms with Crippen molar-refractivity contribution in [1.82, 2.24) is 0 Å². The molecule has 3 heteroatoms. The molecule has 0 heterocycles. The van der Waals surface area contributed by atoms with Crippen LogP contribution in [0.1, 0.15) is 33.1 Å². The lowest BCUT2D eigenvalue weighted by Gasteiger charge is -2.29. The van der Waals surface area contributed by atoms with Crippen LogP contribution in [0.25, 0.3) is 0 Å². The first-order valence-corrected chi connectivity index (χ1v) is 6.64. The van der Waals surface area contributed by atoms with Crippen LogP contribution in [0.3, 0.4) is 0 Å². The van der Waals surface area contributed by atoms with Crippen LogP contribution in [0.5, 0.6) is 0 Å². The molecule has 1 unspecified atom stereocenters. The van der Waals surface area contributed by atoms with Crippen molar-refractivity contribution < 1.29 is 9.53 Å². The molecule has 0 aliphatic heterocycles. The van der Waals surface area contributed by atoms with Crippen molar-refractivity contribution in [3.63, 3.8) is 0 Å². The summed E-state index contributed by atoms with van der Waals surface area (Å²) in [6.45, 7) is 4.21. The summed E-state index contributed by atoms with van der Waals surface area (Å²) >= 11 is 0. The maximum Gasteiger partial charge on any atom is 0.331 e. The Morgan fingerprint density at radius 2 is 2.06 bits per heavy atom. The van der Waals surface area contributed by atoms with E-state index in [1.54, 1.807) is 0 Å². The van der Waals surface area contributed by atoms with Crippen LogP contribution in [0.4, 0.5) is 5.69 Å². The maximum atomic E-state index is 12.1. The first-order valence-electron chi connectivity index (χ1n) is 6.64. The summed E-state index contributed by atoms with van der Waals surface area (Å²) in [6, 6.07) is 9.85. The lowest BCUT2D eigenvalue weighted by molar-refractivity contribution is -0.148. The highest BCUT2D eigenvalue weighted by atomic mass is 16.5. The molecule has 1 aromatic rings. The van der Waals surface area contributed by atoms with Gasteiger partial charge in [-0.15, -0.1) is 0 Å². The molecule has 1 fully saturated rings. The van der Waals surface area contributed by atoms with Crippen LogP contribution < -0.4 is 5.32 Å². The average molecular weight is 247 g/mol. The molecule has 0 amide bonds. The Morgan fingerprint density at radius 3 is 2.61 bits per heavy atom. The highest BCUT2D eigenvalue weighted by Gasteiger charge is 2.40. The minimum absolute atomic E-state index is 0.152. The van der Waals surface area contributed by atoms with Gasteiger partial charge in [0.2, 0.25) is 0 Å². The zero-order valence-corrected chi connectivity index (χ0v) is 11.1. The molecule has 1 aliphatic rings. The zero-order chi connectivity index (χ0) is 13.0. The van der Waals surface area contributed by atoms with Crippen LogP contribution >= 0.6 is 0 Å². The van der Waals surface area contributed by atoms with Gasteiger partial charge in [-0.1, -0.05) is 31.0 Å². The van der Waals surface area contributed by atoms with E-state index in [0.717, 1.165) is 12.1 Å². The Hall–Kier alpha value is -1.51. The third-order valence-corrected chi connectivity index (χ3v) is 3.31. The molecule has 0 radical (unpaired) electrons. The maximum absolute atomic E-state index is 12.1. The lowest BCUT2D eigenvalue weighted by atomic mass is 9.94. The second kappa shape index (κ2) is 5.42. The number of nitrogens with one attached hydrogen (secondary N) is 1. The highest BCUT2D eigenvalue weighted by molar-refractivity contribution is 5.84. The van der Waals surface area contributed by atoms with Gasteiger partial charge in [-0.2, -0.15) is 0 Å². The molecule has 2 rings (SSSR count). The van der Waals surface area contributed by atoms with E-state index in [4.69, 9.17) is 4.74 Å². The van der Waals surface area contributed by atoms with E-state index in [1.165, 1.54) is 12.8 Å². The van der Waals surface area contributed by atoms with Crippen LogP contribution in [-0.2, 0) is 9.53 Å². The van der Waals surface area contributed by atoms with Gasteiger partial charge in [-0.05, 0) is 38.3 Å². The van der Waals surface area contributed by atoms with E-state index >= 15 is 0 Å². The van der Waals surface area contributed by atoms with Crippen LogP contribution in [0.2, 0.25) is 0 Å². The Labute approximate surface area is 109 Å². The van der Waals surface area contributed by atoms with Gasteiger partial charge in [0.25, 0.3) is 0 Å². The number of carbonyl (C=O) groups excluding carboxylic acids is 1. The number of anilines is 1. The van der Waals surface area contributed by atoms with E-state index < -0.39 is 5.54 Å². The number of para-hydroxylation sites is 1. The van der Waals surface area contributed by atoms with Gasteiger partial charge in [-0.25, -0.2) is 4.79 Å². The standard InChI is InChI=1S/C15H21NO2/c1-3-18-14(17)15(2,11-12-9-10-12)16-13-7-5-4-6-8-13/h4-8,12,16H,3,9-11H2,1-2H3. The summed E-state index contributed by atoms with van der Waals surface area (Å²) in [4.78, 5) is 12.1. The van der Waals surface area contributed by atoms with Crippen molar-refractivity contribution >= 4 is 11.7 Å². The van der Waals surface area contributed by atoms with Crippen molar-refractivity contribution in [1.29, 1.82) is 0 Å². The second-order valence-corrected chi connectivity index (χ2v) is 5.19. The molecule has 0 saturated heterocycles. The van der Waals surface area contributed by atoms with E-state index in [-0.39, 0.29) is 5.97 Å². The molecule has 0 aromatic heterocycles. The molecular formula is C15H21NO2. The fourth-order valence-electron chi connectivity index (χ4n) is 2.22. The molecule has 3 nitrogen and oxygen atoms in total. The van der Waals surface area contributed by atoms with Gasteiger partial charge in [0, 0.05) is 5.69 Å². The Balaban J connectivity index is 2.10. The van der Waals surface area contributed by atoms with E-state index in [1.807, 2.05) is 44.2 Å². The van der Waals surface area contributed by atoms with Gasteiger partial charge in [0.15, 0.2) is 0 Å². The minimum Gasteiger partial charge on any atom is -0.464 e. The van der Waals surface area contributed by atoms with E-state index in [0.29, 0.717) is 12.5 Å². The third-order valence-electron chi connectivity index (χ3n) is 3.31. The summed E-state index contributed by atoms with van der Waals surface area (Å²) in [5, 5.41) is 3.34. The van der Waals surface area contributed by atoms with Gasteiger partial charge in [0.05, 0.1) is 6.61 Å². The second-order valence-electron chi connectivity index (χ2n) is 5.19. The van der Waals surface area contributed by atoms with E-state index in [9.17, 15) is 4.79 Å². The minimum atomic E-state index is -0.613. The quantitative estimate of drug-likeness (QED) is 0.784. The molecule has 1 aromatic carbocycles. The summed E-state index contributed by atoms with van der Waals surface area (Å²) in [7, 11) is 0. The summed E-state index contributed by atoms with van der Waals surface area (Å²) in [6.07, 6.45) is 3.30. The molecule has 98 valence electrons. The van der Waals surface area contributed by atoms with Gasteiger partial charge in [0.1, 0.15) is 5.54 Å². The number of benzene rings is 1.